The van der Waals surface area contributed by atoms with Crippen molar-refractivity contribution in [3.05, 3.63) is 53.8 Å². The van der Waals surface area contributed by atoms with Crippen LogP contribution in [0, 0.1) is 29.1 Å². The molecule has 0 amide bonds. The van der Waals surface area contributed by atoms with E-state index in [2.05, 4.69) is 18.0 Å². The van der Waals surface area contributed by atoms with Crippen molar-refractivity contribution in [1.29, 1.82) is 0 Å². The van der Waals surface area contributed by atoms with E-state index in [0.29, 0.717) is 0 Å². The fraction of sp³-hybridized carbons (Fsp3) is 0.520. The van der Waals surface area contributed by atoms with Crippen LogP contribution in [0.2, 0.25) is 0 Å². The van der Waals surface area contributed by atoms with Gasteiger partial charge in [-0.3, -0.25) is 4.90 Å². The number of hydrogen-bond donors (Lipinski definition) is 0. The summed E-state index contributed by atoms with van der Waals surface area (Å²) in [5.74, 6) is 5.10. The van der Waals surface area contributed by atoms with Crippen LogP contribution < -0.4 is 4.74 Å². The number of fused-ring (bicyclic) bond motifs is 2. The molecule has 7 heteroatoms. The van der Waals surface area contributed by atoms with E-state index in [4.69, 9.17) is 7.94 Å². The van der Waals surface area contributed by atoms with Crippen LogP contribution in [0.5, 0.6) is 5.75 Å². The Hall–Kier alpha value is -1.64. The Morgan fingerprint density at radius 2 is 2.06 bits per heavy atom. The number of halogens is 4. The molecular weight excluding hydrogens is 528 g/mol. The third-order valence-corrected chi connectivity index (χ3v) is 10.4. The quantitative estimate of drug-likeness (QED) is 0.386. The number of hydrogen-bond acceptors (Lipinski definition) is 3. The highest BCUT2D eigenvalue weighted by Gasteiger charge is 2.55. The SMILES string of the molecule is CC1(C2=NI=C3C(COc4cccc(C(F)(F)F)c4)=CC=CN23)CC2CC3CC(C1)C3C2. The normalized spacial score (nSPS) is 35.1. The van der Waals surface area contributed by atoms with Gasteiger partial charge in [-0.25, -0.2) is 3.21 Å². The Labute approximate surface area is 196 Å². The standard InChI is InChI=1S/C25H26F3IN2O/c1-24(12-15-8-17-10-18(13-24)21(17)9-15)23-30-29-22-16(4-3-7-31(22)23)14-32-20-6-2-5-19(11-20)25(26,27)28/h2-7,11,15,17-18,21H,8-10,12-14H2,1H3. The number of amidine groups is 1. The van der Waals surface area contributed by atoms with Crippen LogP contribution in [0.1, 0.15) is 44.6 Å². The van der Waals surface area contributed by atoms with Crippen LogP contribution in [0.25, 0.3) is 0 Å². The Morgan fingerprint density at radius 3 is 2.91 bits per heavy atom. The van der Waals surface area contributed by atoms with E-state index < -0.39 is 32.7 Å². The second kappa shape index (κ2) is 7.43. The van der Waals surface area contributed by atoms with Crippen molar-refractivity contribution < 1.29 is 17.9 Å². The average Bonchev–Trinajstić information content (AvgIpc) is 3.28. The first-order chi connectivity index (χ1) is 15.3. The van der Waals surface area contributed by atoms with Crippen LogP contribution in [0.4, 0.5) is 13.2 Å². The third kappa shape index (κ3) is 3.46. The minimum absolute atomic E-state index is 0.117. The fourth-order valence-electron chi connectivity index (χ4n) is 6.71. The van der Waals surface area contributed by atoms with Gasteiger partial charge in [0.15, 0.2) is 0 Å². The summed E-state index contributed by atoms with van der Waals surface area (Å²) in [5.41, 5.74) is 0.458. The predicted molar refractivity (Wildman–Crippen MR) is 128 cm³/mol. The molecule has 0 N–H and O–H groups in total. The molecule has 2 bridgehead atoms. The smallest absolute Gasteiger partial charge is 0.416 e. The average molecular weight is 554 g/mol. The summed E-state index contributed by atoms with van der Waals surface area (Å²) in [6.45, 7) is 2.67. The van der Waals surface area contributed by atoms with Gasteiger partial charge in [-0.15, -0.1) is 0 Å². The van der Waals surface area contributed by atoms with Gasteiger partial charge in [-0.1, -0.05) is 19.1 Å². The molecule has 170 valence electrons. The molecule has 1 aromatic rings. The first kappa shape index (κ1) is 20.9. The summed E-state index contributed by atoms with van der Waals surface area (Å²) in [7, 11) is 0. The number of nitrogens with zero attached hydrogens (tertiary/aromatic N) is 2. The Bertz CT molecular complexity index is 1070. The number of ether oxygens (including phenoxy) is 1. The van der Waals surface area contributed by atoms with Gasteiger partial charge in [0.25, 0.3) is 0 Å². The van der Waals surface area contributed by atoms with E-state index in [9.17, 15) is 13.2 Å². The highest BCUT2D eigenvalue weighted by molar-refractivity contribution is 14.2. The minimum Gasteiger partial charge on any atom is -0.489 e. The first-order valence-corrected chi connectivity index (χ1v) is 13.4. The second-order valence-electron chi connectivity index (χ2n) is 10.2. The van der Waals surface area contributed by atoms with Gasteiger partial charge < -0.3 is 4.74 Å². The summed E-state index contributed by atoms with van der Waals surface area (Å²) in [4.78, 5) is 2.28. The molecule has 3 aliphatic carbocycles. The highest BCUT2D eigenvalue weighted by Crippen LogP contribution is 2.62. The molecule has 32 heavy (non-hydrogen) atoms. The monoisotopic (exact) mass is 554 g/mol. The van der Waals surface area contributed by atoms with Gasteiger partial charge in [0, 0.05) is 17.2 Å². The Kier molecular flexibility index (Phi) is 4.86. The lowest BCUT2D eigenvalue weighted by Gasteiger charge is -2.46. The van der Waals surface area contributed by atoms with Gasteiger partial charge in [0.2, 0.25) is 0 Å². The molecule has 3 nitrogen and oxygen atoms in total. The summed E-state index contributed by atoms with van der Waals surface area (Å²) in [6.07, 6.45) is 8.48. The largest absolute Gasteiger partial charge is 0.489 e. The minimum atomic E-state index is -4.37. The zero-order chi connectivity index (χ0) is 22.1. The van der Waals surface area contributed by atoms with E-state index in [-0.39, 0.29) is 17.8 Å². The van der Waals surface area contributed by atoms with E-state index in [1.165, 1.54) is 47.6 Å². The van der Waals surface area contributed by atoms with Crippen LogP contribution in [-0.2, 0) is 6.18 Å². The summed E-state index contributed by atoms with van der Waals surface area (Å²) in [5, 5.41) is 0. The molecule has 0 aromatic heterocycles. The van der Waals surface area contributed by atoms with E-state index >= 15 is 0 Å². The predicted octanol–water partition coefficient (Wildman–Crippen LogP) is 6.73. The molecule has 6 rings (SSSR count). The van der Waals surface area contributed by atoms with Gasteiger partial charge in [-0.05, 0) is 80.1 Å². The highest BCUT2D eigenvalue weighted by atomic mass is 127. The summed E-state index contributed by atoms with van der Waals surface area (Å²) >= 11 is -0.534. The molecular formula is C25H26F3IN2O. The van der Waals surface area contributed by atoms with Gasteiger partial charge >= 0.3 is 6.18 Å². The van der Waals surface area contributed by atoms with Crippen molar-refractivity contribution in [3.8, 4) is 5.75 Å². The Balaban J connectivity index is 1.17. The Morgan fingerprint density at radius 1 is 1.19 bits per heavy atom. The number of benzene rings is 1. The summed E-state index contributed by atoms with van der Waals surface area (Å²) in [6, 6.07) is 5.11. The molecule has 5 unspecified atom stereocenters. The van der Waals surface area contributed by atoms with Crippen LogP contribution in [-0.4, -0.2) is 21.0 Å². The molecule has 2 aliphatic heterocycles. The van der Waals surface area contributed by atoms with Crippen LogP contribution >= 0.6 is 21.0 Å². The maximum atomic E-state index is 13.0. The number of allylic oxidation sites excluding steroid dienone is 2. The van der Waals surface area contributed by atoms with Gasteiger partial charge in [0.05, 0.1) is 26.6 Å². The molecule has 0 spiro atoms. The maximum Gasteiger partial charge on any atom is 0.416 e. The van der Waals surface area contributed by atoms with Crippen molar-refractivity contribution in [2.24, 2.45) is 32.3 Å². The van der Waals surface area contributed by atoms with E-state index in [1.807, 2.05) is 12.2 Å². The topological polar surface area (TPSA) is 24.8 Å². The number of alkyl halides is 3. The van der Waals surface area contributed by atoms with Crippen molar-refractivity contribution in [3.63, 3.8) is 0 Å². The lowest BCUT2D eigenvalue weighted by atomic mass is 9.60. The van der Waals surface area contributed by atoms with Gasteiger partial charge in [0.1, 0.15) is 21.8 Å². The van der Waals surface area contributed by atoms with Crippen molar-refractivity contribution in [2.75, 3.05) is 6.61 Å². The van der Waals surface area contributed by atoms with E-state index in [1.54, 1.807) is 6.07 Å². The summed E-state index contributed by atoms with van der Waals surface area (Å²) < 4.78 is 51.2. The molecule has 5 atom stereocenters. The molecule has 2 heterocycles. The van der Waals surface area contributed by atoms with Crippen LogP contribution in [0.15, 0.2) is 51.4 Å². The third-order valence-electron chi connectivity index (χ3n) is 8.05. The lowest BCUT2D eigenvalue weighted by Crippen LogP contribution is -2.46. The van der Waals surface area contributed by atoms with Crippen molar-refractivity contribution in [2.45, 2.75) is 45.2 Å². The molecule has 5 aliphatic rings. The molecule has 0 saturated heterocycles. The van der Waals surface area contributed by atoms with Crippen molar-refractivity contribution in [1.82, 2.24) is 4.90 Å². The lowest BCUT2D eigenvalue weighted by molar-refractivity contribution is -0.137. The van der Waals surface area contributed by atoms with Crippen LogP contribution in [0.3, 0.4) is 0 Å². The molecule has 3 fully saturated rings. The molecule has 1 aromatic carbocycles. The first-order valence-electron chi connectivity index (χ1n) is 11.4. The molecule has 3 saturated carbocycles. The van der Waals surface area contributed by atoms with E-state index in [0.717, 1.165) is 41.4 Å². The maximum absolute atomic E-state index is 13.0. The van der Waals surface area contributed by atoms with Crippen molar-refractivity contribution >= 4 is 30.5 Å². The zero-order valence-electron chi connectivity index (χ0n) is 17.9. The number of rotatable bonds is 4. The van der Waals surface area contributed by atoms with Gasteiger partial charge in [-0.2, -0.15) is 13.2 Å². The zero-order valence-corrected chi connectivity index (χ0v) is 20.1. The second-order valence-corrected chi connectivity index (χ2v) is 12.2. The molecule has 0 radical (unpaired) electrons. The fourth-order valence-corrected chi connectivity index (χ4v) is 9.25.